The number of hydrogen-bond acceptors (Lipinski definition) is 4. The Kier molecular flexibility index (Phi) is 6.40. The summed E-state index contributed by atoms with van der Waals surface area (Å²) in [6, 6.07) is 21.1. The summed E-state index contributed by atoms with van der Waals surface area (Å²) in [5.41, 5.74) is 5.07. The average Bonchev–Trinajstić information content (AvgIpc) is 3.15. The second kappa shape index (κ2) is 9.56. The first-order chi connectivity index (χ1) is 16.0. The molecule has 0 unspecified atom stereocenters. The summed E-state index contributed by atoms with van der Waals surface area (Å²) < 4.78 is 5.52. The van der Waals surface area contributed by atoms with Crippen LogP contribution in [0, 0.1) is 0 Å². The molecule has 3 aromatic carbocycles. The van der Waals surface area contributed by atoms with E-state index in [9.17, 15) is 14.4 Å². The van der Waals surface area contributed by atoms with Gasteiger partial charge in [0.25, 0.3) is 0 Å². The van der Waals surface area contributed by atoms with Crippen LogP contribution in [-0.2, 0) is 9.53 Å². The van der Waals surface area contributed by atoms with E-state index in [1.54, 1.807) is 6.92 Å². The molecule has 0 saturated carbocycles. The molecule has 0 radical (unpaired) electrons. The van der Waals surface area contributed by atoms with Crippen molar-refractivity contribution in [2.75, 3.05) is 11.9 Å². The molecule has 0 spiro atoms. The van der Waals surface area contributed by atoms with Crippen LogP contribution in [0.25, 0.3) is 11.1 Å². The number of rotatable bonds is 7. The van der Waals surface area contributed by atoms with Gasteiger partial charge in [-0.05, 0) is 52.9 Å². The first-order valence-electron chi connectivity index (χ1n) is 10.7. The van der Waals surface area contributed by atoms with Gasteiger partial charge in [-0.2, -0.15) is 0 Å². The van der Waals surface area contributed by atoms with Crippen molar-refractivity contribution >= 4 is 23.7 Å². The van der Waals surface area contributed by atoms with Crippen molar-refractivity contribution in [2.45, 2.75) is 25.3 Å². The number of hydrogen-bond donors (Lipinski definition) is 3. The van der Waals surface area contributed by atoms with Crippen LogP contribution in [0.15, 0.2) is 72.8 Å². The quantitative estimate of drug-likeness (QED) is 0.492. The van der Waals surface area contributed by atoms with Crippen LogP contribution in [0.3, 0.4) is 0 Å². The maximum atomic E-state index is 12.6. The van der Waals surface area contributed by atoms with E-state index in [0.717, 1.165) is 22.3 Å². The van der Waals surface area contributed by atoms with Crippen LogP contribution in [0.2, 0.25) is 0 Å². The monoisotopic (exact) mass is 444 g/mol. The molecular weight excluding hydrogens is 420 g/mol. The molecule has 0 heterocycles. The Bertz CT molecular complexity index is 1140. The second-order valence-corrected chi connectivity index (χ2v) is 7.80. The van der Waals surface area contributed by atoms with Gasteiger partial charge in [0, 0.05) is 11.6 Å². The molecule has 0 fully saturated rings. The molecule has 7 nitrogen and oxygen atoms in total. The van der Waals surface area contributed by atoms with Gasteiger partial charge in [0.05, 0.1) is 5.56 Å². The highest BCUT2D eigenvalue weighted by Crippen LogP contribution is 2.44. The molecule has 33 heavy (non-hydrogen) atoms. The fraction of sp³-hybridized carbons (Fsp3) is 0.192. The van der Waals surface area contributed by atoms with Gasteiger partial charge in [0.1, 0.15) is 12.6 Å². The van der Waals surface area contributed by atoms with E-state index in [1.807, 2.05) is 36.4 Å². The van der Waals surface area contributed by atoms with Crippen LogP contribution >= 0.6 is 0 Å². The molecule has 3 aromatic rings. The number of carboxylic acids is 1. The highest BCUT2D eigenvalue weighted by Gasteiger charge is 2.29. The number of carbonyl (C=O) groups excluding carboxylic acids is 2. The molecule has 0 saturated heterocycles. The number of benzene rings is 3. The first-order valence-corrected chi connectivity index (χ1v) is 10.7. The normalized spacial score (nSPS) is 12.9. The molecule has 2 amide bonds. The molecular formula is C26H24N2O5. The van der Waals surface area contributed by atoms with E-state index < -0.39 is 24.0 Å². The topological polar surface area (TPSA) is 105 Å². The minimum Gasteiger partial charge on any atom is -0.478 e. The summed E-state index contributed by atoms with van der Waals surface area (Å²) in [6.45, 7) is 1.94. The van der Waals surface area contributed by atoms with Crippen molar-refractivity contribution in [3.8, 4) is 11.1 Å². The molecule has 0 aromatic heterocycles. The molecule has 1 atom stereocenters. The third-order valence-corrected chi connectivity index (χ3v) is 5.76. The van der Waals surface area contributed by atoms with Crippen molar-refractivity contribution in [3.63, 3.8) is 0 Å². The smallest absolute Gasteiger partial charge is 0.407 e. The van der Waals surface area contributed by atoms with Crippen LogP contribution in [0.1, 0.15) is 40.7 Å². The lowest BCUT2D eigenvalue weighted by molar-refractivity contribution is -0.118. The number of carboxylic acid groups (broad SMARTS) is 1. The van der Waals surface area contributed by atoms with Crippen molar-refractivity contribution < 1.29 is 24.2 Å². The Hall–Kier alpha value is -4.13. The van der Waals surface area contributed by atoms with Crippen LogP contribution in [0.4, 0.5) is 10.5 Å². The molecule has 7 heteroatoms. The lowest BCUT2D eigenvalue weighted by Crippen LogP contribution is -2.43. The Morgan fingerprint density at radius 3 is 2.03 bits per heavy atom. The minimum atomic E-state index is -1.05. The van der Waals surface area contributed by atoms with Gasteiger partial charge in [-0.3, -0.25) is 4.79 Å². The summed E-state index contributed by atoms with van der Waals surface area (Å²) in [6.07, 6.45) is -0.302. The van der Waals surface area contributed by atoms with Gasteiger partial charge >= 0.3 is 12.1 Å². The van der Waals surface area contributed by atoms with Crippen LogP contribution < -0.4 is 10.6 Å². The maximum Gasteiger partial charge on any atom is 0.407 e. The largest absolute Gasteiger partial charge is 0.478 e. The van der Waals surface area contributed by atoms with Gasteiger partial charge < -0.3 is 20.5 Å². The first kappa shape index (κ1) is 22.1. The van der Waals surface area contributed by atoms with Gasteiger partial charge in [-0.25, -0.2) is 9.59 Å². The van der Waals surface area contributed by atoms with Crippen molar-refractivity contribution in [3.05, 3.63) is 89.5 Å². The minimum absolute atomic E-state index is 0.0650. The third kappa shape index (κ3) is 4.72. The Morgan fingerprint density at radius 1 is 0.909 bits per heavy atom. The zero-order chi connectivity index (χ0) is 23.4. The number of nitrogens with one attached hydrogen (secondary N) is 2. The van der Waals surface area contributed by atoms with Crippen LogP contribution in [-0.4, -0.2) is 35.7 Å². The van der Waals surface area contributed by atoms with E-state index in [4.69, 9.17) is 9.84 Å². The number of carbonyl (C=O) groups is 3. The van der Waals surface area contributed by atoms with E-state index in [0.29, 0.717) is 12.1 Å². The van der Waals surface area contributed by atoms with Gasteiger partial charge in [-0.15, -0.1) is 0 Å². The fourth-order valence-corrected chi connectivity index (χ4v) is 4.06. The predicted molar refractivity (Wildman–Crippen MR) is 124 cm³/mol. The Morgan fingerprint density at radius 2 is 1.48 bits per heavy atom. The third-order valence-electron chi connectivity index (χ3n) is 5.76. The number of alkyl carbamates (subject to hydrolysis) is 1. The lowest BCUT2D eigenvalue weighted by Gasteiger charge is -2.19. The highest BCUT2D eigenvalue weighted by atomic mass is 16.5. The SMILES string of the molecule is CC[C@H](NC(=O)OCC1c2ccccc2-c2ccccc21)C(=O)Nc1ccc(C(=O)O)cc1. The van der Waals surface area contributed by atoms with E-state index in [2.05, 4.69) is 22.8 Å². The van der Waals surface area contributed by atoms with E-state index in [1.165, 1.54) is 24.3 Å². The number of amides is 2. The van der Waals surface area contributed by atoms with Gasteiger partial charge in [0.2, 0.25) is 5.91 Å². The van der Waals surface area contributed by atoms with Gasteiger partial charge in [0.15, 0.2) is 0 Å². The van der Waals surface area contributed by atoms with Crippen LogP contribution in [0.5, 0.6) is 0 Å². The molecule has 4 rings (SSSR count). The van der Waals surface area contributed by atoms with E-state index >= 15 is 0 Å². The second-order valence-electron chi connectivity index (χ2n) is 7.80. The molecule has 0 bridgehead atoms. The summed E-state index contributed by atoms with van der Waals surface area (Å²) in [4.78, 5) is 36.0. The van der Waals surface area contributed by atoms with Crippen molar-refractivity contribution in [2.24, 2.45) is 0 Å². The molecule has 1 aliphatic rings. The number of anilines is 1. The van der Waals surface area contributed by atoms with Crippen molar-refractivity contribution in [1.82, 2.24) is 5.32 Å². The fourth-order valence-electron chi connectivity index (χ4n) is 4.06. The zero-order valence-electron chi connectivity index (χ0n) is 18.1. The van der Waals surface area contributed by atoms with Gasteiger partial charge in [-0.1, -0.05) is 55.5 Å². The zero-order valence-corrected chi connectivity index (χ0v) is 18.1. The number of ether oxygens (including phenoxy) is 1. The molecule has 3 N–H and O–H groups in total. The van der Waals surface area contributed by atoms with E-state index in [-0.39, 0.29) is 18.1 Å². The standard InChI is InChI=1S/C26H24N2O5/c1-2-23(24(29)27-17-13-11-16(12-14-17)25(30)31)28-26(32)33-15-22-20-9-5-3-7-18(20)19-8-4-6-10-21(19)22/h3-14,22-23H,2,15H2,1H3,(H,27,29)(H,28,32)(H,30,31)/t23-/m0/s1. The Balaban J connectivity index is 1.37. The van der Waals surface area contributed by atoms with Crippen molar-refractivity contribution in [1.29, 1.82) is 0 Å². The Labute approximate surface area is 191 Å². The summed E-state index contributed by atoms with van der Waals surface area (Å²) >= 11 is 0. The predicted octanol–water partition coefficient (Wildman–Crippen LogP) is 4.64. The maximum absolute atomic E-state index is 12.6. The number of fused-ring (bicyclic) bond motifs is 3. The number of aromatic carboxylic acids is 1. The average molecular weight is 444 g/mol. The summed E-state index contributed by atoms with van der Waals surface area (Å²) in [5.74, 6) is -1.52. The summed E-state index contributed by atoms with van der Waals surface area (Å²) in [7, 11) is 0. The molecule has 1 aliphatic carbocycles. The molecule has 0 aliphatic heterocycles. The molecule has 168 valence electrons. The lowest BCUT2D eigenvalue weighted by atomic mass is 9.98. The summed E-state index contributed by atoms with van der Waals surface area (Å²) in [5, 5.41) is 14.3. The highest BCUT2D eigenvalue weighted by molar-refractivity contribution is 5.97.